The van der Waals surface area contributed by atoms with E-state index >= 15 is 0 Å². The van der Waals surface area contributed by atoms with Crippen molar-refractivity contribution in [2.24, 2.45) is 0 Å². The molecule has 0 bridgehead atoms. The minimum Gasteiger partial charge on any atom is -0.375 e. The van der Waals surface area contributed by atoms with Crippen LogP contribution >= 0.6 is 0 Å². The summed E-state index contributed by atoms with van der Waals surface area (Å²) in [6.45, 7) is 3.42. The fourth-order valence-electron chi connectivity index (χ4n) is 0.715. The zero-order valence-electron chi connectivity index (χ0n) is 5.29. The van der Waals surface area contributed by atoms with E-state index in [9.17, 15) is 9.59 Å². The maximum Gasteiger partial charge on any atom is 0.415 e. The highest BCUT2D eigenvalue weighted by Crippen LogP contribution is 2.03. The van der Waals surface area contributed by atoms with E-state index in [2.05, 4.69) is 16.6 Å². The first-order valence-electron chi connectivity index (χ1n) is 2.87. The number of nitrogens with one attached hydrogen (secondary N) is 1. The van der Waals surface area contributed by atoms with Crippen LogP contribution in [0.2, 0.25) is 0 Å². The van der Waals surface area contributed by atoms with Gasteiger partial charge in [0.1, 0.15) is 6.04 Å². The Morgan fingerprint density at radius 3 is 2.80 bits per heavy atom. The summed E-state index contributed by atoms with van der Waals surface area (Å²) in [5, 5.41) is 2.32. The molecule has 0 spiro atoms. The van der Waals surface area contributed by atoms with Gasteiger partial charge in [0.05, 0.1) is 0 Å². The molecule has 0 aliphatic carbocycles. The van der Waals surface area contributed by atoms with Gasteiger partial charge in [-0.25, -0.2) is 9.59 Å². The Hall–Kier alpha value is -1.32. The van der Waals surface area contributed by atoms with Gasteiger partial charge in [-0.1, -0.05) is 6.08 Å². The Morgan fingerprint density at radius 1 is 1.70 bits per heavy atom. The Balaban J connectivity index is 2.54. The second-order valence-electron chi connectivity index (χ2n) is 1.93. The molecule has 1 saturated heterocycles. The largest absolute Gasteiger partial charge is 0.415 e. The lowest BCUT2D eigenvalue weighted by atomic mass is 10.2. The molecule has 0 saturated carbocycles. The van der Waals surface area contributed by atoms with Crippen molar-refractivity contribution in [1.29, 1.82) is 0 Å². The van der Waals surface area contributed by atoms with Crippen LogP contribution in [0.5, 0.6) is 0 Å². The van der Waals surface area contributed by atoms with Crippen LogP contribution in [0.15, 0.2) is 12.7 Å². The van der Waals surface area contributed by atoms with E-state index in [0.29, 0.717) is 6.42 Å². The molecule has 1 fully saturated rings. The molecular weight excluding hydrogens is 134 g/mol. The fourth-order valence-corrected chi connectivity index (χ4v) is 0.715. The lowest BCUT2D eigenvalue weighted by molar-refractivity contribution is -0.135. The summed E-state index contributed by atoms with van der Waals surface area (Å²) in [6.07, 6.45) is 1.30. The molecule has 0 aromatic carbocycles. The molecule has 0 aromatic rings. The van der Waals surface area contributed by atoms with Crippen LogP contribution in [0.3, 0.4) is 0 Å². The number of hydrogen-bond donors (Lipinski definition) is 1. The highest BCUT2D eigenvalue weighted by molar-refractivity contribution is 5.95. The van der Waals surface area contributed by atoms with E-state index in [-0.39, 0.29) is 0 Å². The quantitative estimate of drug-likeness (QED) is 0.339. The third kappa shape index (κ3) is 1.15. The first kappa shape index (κ1) is 6.80. The zero-order chi connectivity index (χ0) is 7.56. The summed E-state index contributed by atoms with van der Waals surface area (Å²) >= 11 is 0. The second-order valence-corrected chi connectivity index (χ2v) is 1.93. The monoisotopic (exact) mass is 141 g/mol. The molecule has 10 heavy (non-hydrogen) atoms. The van der Waals surface area contributed by atoms with Gasteiger partial charge < -0.3 is 10.1 Å². The number of carbonyl (C=O) groups excluding carboxylic acids is 2. The van der Waals surface area contributed by atoms with E-state index in [1.54, 1.807) is 6.08 Å². The molecule has 1 aliphatic heterocycles. The number of amides is 1. The number of hydrogen-bond acceptors (Lipinski definition) is 3. The van der Waals surface area contributed by atoms with Crippen LogP contribution in [0.1, 0.15) is 6.42 Å². The van der Waals surface area contributed by atoms with Crippen LogP contribution in [0.4, 0.5) is 4.79 Å². The summed E-state index contributed by atoms with van der Waals surface area (Å²) in [7, 11) is 0. The molecule has 0 unspecified atom stereocenters. The van der Waals surface area contributed by atoms with Crippen molar-refractivity contribution in [3.05, 3.63) is 12.7 Å². The number of rotatable bonds is 2. The van der Waals surface area contributed by atoms with Crippen LogP contribution in [0, 0.1) is 0 Å². The van der Waals surface area contributed by atoms with E-state index in [0.717, 1.165) is 0 Å². The number of esters is 1. The van der Waals surface area contributed by atoms with Gasteiger partial charge in [-0.15, -0.1) is 6.58 Å². The smallest absolute Gasteiger partial charge is 0.375 e. The molecule has 0 aromatic heterocycles. The van der Waals surface area contributed by atoms with Crippen LogP contribution in [-0.4, -0.2) is 18.1 Å². The van der Waals surface area contributed by atoms with Crippen molar-refractivity contribution in [3.63, 3.8) is 0 Å². The molecule has 4 nitrogen and oxygen atoms in total. The number of alkyl carbamates (subject to hydrolysis) is 1. The Kier molecular flexibility index (Phi) is 1.71. The van der Waals surface area contributed by atoms with Crippen molar-refractivity contribution in [2.45, 2.75) is 12.5 Å². The van der Waals surface area contributed by atoms with E-state index in [1.807, 2.05) is 0 Å². The first-order valence-corrected chi connectivity index (χ1v) is 2.87. The summed E-state index contributed by atoms with van der Waals surface area (Å²) in [5.41, 5.74) is 0. The van der Waals surface area contributed by atoms with Gasteiger partial charge in [0.2, 0.25) is 0 Å². The molecule has 1 N–H and O–H groups in total. The van der Waals surface area contributed by atoms with Gasteiger partial charge in [-0.3, -0.25) is 0 Å². The Morgan fingerprint density at radius 2 is 2.40 bits per heavy atom. The predicted molar refractivity (Wildman–Crippen MR) is 33.2 cm³/mol. The molecule has 1 heterocycles. The zero-order valence-corrected chi connectivity index (χ0v) is 5.29. The molecule has 4 heteroatoms. The van der Waals surface area contributed by atoms with Crippen LogP contribution in [-0.2, 0) is 9.53 Å². The van der Waals surface area contributed by atoms with Crippen LogP contribution < -0.4 is 5.32 Å². The topological polar surface area (TPSA) is 55.4 Å². The van der Waals surface area contributed by atoms with Gasteiger partial charge in [0.25, 0.3) is 0 Å². The molecule has 54 valence electrons. The number of cyclic esters (lactones) is 2. The van der Waals surface area contributed by atoms with Gasteiger partial charge in [-0.05, 0) is 6.42 Å². The van der Waals surface area contributed by atoms with Crippen molar-refractivity contribution in [2.75, 3.05) is 0 Å². The summed E-state index contributed by atoms with van der Waals surface area (Å²) in [6, 6.07) is -0.523. The SMILES string of the molecule is C=CC[C@@H]1NC(=O)OC1=O. The molecule has 1 aliphatic rings. The minimum atomic E-state index is -0.670. The maximum absolute atomic E-state index is 10.6. The lowest BCUT2D eigenvalue weighted by Gasteiger charge is -1.97. The maximum atomic E-state index is 10.6. The first-order chi connectivity index (χ1) is 4.74. The van der Waals surface area contributed by atoms with Crippen LogP contribution in [0.25, 0.3) is 0 Å². The minimum absolute atomic E-state index is 0.421. The average molecular weight is 141 g/mol. The highest BCUT2D eigenvalue weighted by Gasteiger charge is 2.30. The lowest BCUT2D eigenvalue weighted by Crippen LogP contribution is -2.27. The van der Waals surface area contributed by atoms with E-state index in [4.69, 9.17) is 0 Å². The van der Waals surface area contributed by atoms with Gasteiger partial charge in [0.15, 0.2) is 0 Å². The summed E-state index contributed by atoms with van der Waals surface area (Å²) in [5.74, 6) is -0.523. The fraction of sp³-hybridized carbons (Fsp3) is 0.333. The Labute approximate surface area is 57.9 Å². The summed E-state index contributed by atoms with van der Waals surface area (Å²) in [4.78, 5) is 21.0. The van der Waals surface area contributed by atoms with E-state index in [1.165, 1.54) is 0 Å². The van der Waals surface area contributed by atoms with Gasteiger partial charge in [0, 0.05) is 0 Å². The number of carbonyl (C=O) groups is 2. The van der Waals surface area contributed by atoms with Crippen molar-refractivity contribution < 1.29 is 14.3 Å². The van der Waals surface area contributed by atoms with E-state index < -0.39 is 18.1 Å². The molecule has 1 amide bonds. The summed E-state index contributed by atoms with van der Waals surface area (Å²) < 4.78 is 4.19. The number of ether oxygens (including phenoxy) is 1. The molecule has 1 atom stereocenters. The van der Waals surface area contributed by atoms with Crippen molar-refractivity contribution in [3.8, 4) is 0 Å². The molecule has 1 rings (SSSR count). The standard InChI is InChI=1S/C6H7NO3/c1-2-3-4-5(8)10-6(9)7-4/h2,4H,1,3H2,(H,7,9)/t4-/m0/s1. The highest BCUT2D eigenvalue weighted by atomic mass is 16.6. The Bertz CT molecular complexity index is 187. The third-order valence-corrected chi connectivity index (χ3v) is 1.17. The second kappa shape index (κ2) is 2.51. The third-order valence-electron chi connectivity index (χ3n) is 1.17. The van der Waals surface area contributed by atoms with Gasteiger partial charge >= 0.3 is 12.1 Å². The van der Waals surface area contributed by atoms with Crippen molar-refractivity contribution >= 4 is 12.1 Å². The normalized spacial score (nSPS) is 23.8. The van der Waals surface area contributed by atoms with Crippen molar-refractivity contribution in [1.82, 2.24) is 5.32 Å². The average Bonchev–Trinajstić information content (AvgIpc) is 2.13. The van der Waals surface area contributed by atoms with Gasteiger partial charge in [-0.2, -0.15) is 0 Å². The molecular formula is C6H7NO3. The molecule has 0 radical (unpaired) electrons. The predicted octanol–water partition coefficient (Wildman–Crippen LogP) is 0.197.